The first-order valence-corrected chi connectivity index (χ1v) is 5.93. The standard InChI is InChI=1S/C12H21NO5/c1-11(2,3)18-10(16)13-7-12(5-6-12)8(17-4)9(14)15/h8H,5-7H2,1-4H3,(H,13,16)(H,14,15). The number of amides is 1. The molecule has 1 aliphatic carbocycles. The van der Waals surface area contributed by atoms with E-state index in [4.69, 9.17) is 14.6 Å². The second-order valence-electron chi connectivity index (χ2n) is 5.67. The quantitative estimate of drug-likeness (QED) is 0.779. The molecule has 0 heterocycles. The van der Waals surface area contributed by atoms with Gasteiger partial charge in [0.2, 0.25) is 0 Å². The fourth-order valence-corrected chi connectivity index (χ4v) is 1.87. The van der Waals surface area contributed by atoms with E-state index in [0.717, 1.165) is 12.8 Å². The van der Waals surface area contributed by atoms with Crippen LogP contribution in [0.15, 0.2) is 0 Å². The number of rotatable bonds is 5. The van der Waals surface area contributed by atoms with Crippen molar-refractivity contribution in [1.82, 2.24) is 5.32 Å². The van der Waals surface area contributed by atoms with Crippen molar-refractivity contribution in [3.63, 3.8) is 0 Å². The summed E-state index contributed by atoms with van der Waals surface area (Å²) >= 11 is 0. The van der Waals surface area contributed by atoms with Gasteiger partial charge in [-0.1, -0.05) is 0 Å². The number of hydrogen-bond acceptors (Lipinski definition) is 4. The maximum Gasteiger partial charge on any atom is 0.407 e. The van der Waals surface area contributed by atoms with E-state index >= 15 is 0 Å². The first-order chi connectivity index (χ1) is 8.20. The summed E-state index contributed by atoms with van der Waals surface area (Å²) < 4.78 is 10.1. The van der Waals surface area contributed by atoms with E-state index in [9.17, 15) is 9.59 Å². The van der Waals surface area contributed by atoms with Crippen LogP contribution in [-0.2, 0) is 14.3 Å². The lowest BCUT2D eigenvalue weighted by molar-refractivity contribution is -0.153. The van der Waals surface area contributed by atoms with Crippen LogP contribution in [0, 0.1) is 5.41 Å². The van der Waals surface area contributed by atoms with Crippen LogP contribution in [0.1, 0.15) is 33.6 Å². The smallest absolute Gasteiger partial charge is 0.407 e. The molecule has 1 unspecified atom stereocenters. The highest BCUT2D eigenvalue weighted by molar-refractivity contribution is 5.74. The summed E-state index contributed by atoms with van der Waals surface area (Å²) in [5, 5.41) is 11.6. The molecule has 0 aromatic carbocycles. The summed E-state index contributed by atoms with van der Waals surface area (Å²) in [6, 6.07) is 0. The number of nitrogens with one attached hydrogen (secondary N) is 1. The molecule has 1 atom stereocenters. The normalized spacial score (nSPS) is 18.9. The predicted molar refractivity (Wildman–Crippen MR) is 64.3 cm³/mol. The second kappa shape index (κ2) is 5.14. The molecular formula is C12H21NO5. The number of carbonyl (C=O) groups excluding carboxylic acids is 1. The Morgan fingerprint density at radius 3 is 2.28 bits per heavy atom. The predicted octanol–water partition coefficient (Wildman–Crippen LogP) is 1.39. The van der Waals surface area contributed by atoms with Crippen LogP contribution >= 0.6 is 0 Å². The van der Waals surface area contributed by atoms with Crippen LogP contribution in [0.4, 0.5) is 4.79 Å². The van der Waals surface area contributed by atoms with Crippen molar-refractivity contribution in [2.75, 3.05) is 13.7 Å². The molecule has 1 fully saturated rings. The third-order valence-electron chi connectivity index (χ3n) is 2.89. The van der Waals surface area contributed by atoms with E-state index in [1.165, 1.54) is 7.11 Å². The topological polar surface area (TPSA) is 84.9 Å². The maximum atomic E-state index is 11.5. The van der Waals surface area contributed by atoms with Crippen LogP contribution in [-0.4, -0.2) is 42.5 Å². The lowest BCUT2D eigenvalue weighted by atomic mass is 9.99. The molecule has 6 nitrogen and oxygen atoms in total. The molecule has 1 aliphatic rings. The molecule has 104 valence electrons. The van der Waals surface area contributed by atoms with E-state index in [2.05, 4.69) is 5.32 Å². The molecule has 0 radical (unpaired) electrons. The van der Waals surface area contributed by atoms with Gasteiger partial charge < -0.3 is 19.9 Å². The Morgan fingerprint density at radius 1 is 1.39 bits per heavy atom. The Balaban J connectivity index is 2.48. The van der Waals surface area contributed by atoms with Crippen molar-refractivity contribution in [3.05, 3.63) is 0 Å². The summed E-state index contributed by atoms with van der Waals surface area (Å²) in [6.45, 7) is 5.57. The van der Waals surface area contributed by atoms with Crippen molar-refractivity contribution in [1.29, 1.82) is 0 Å². The molecule has 0 aromatic rings. The van der Waals surface area contributed by atoms with Gasteiger partial charge >= 0.3 is 12.1 Å². The summed E-state index contributed by atoms with van der Waals surface area (Å²) in [4.78, 5) is 22.5. The summed E-state index contributed by atoms with van der Waals surface area (Å²) in [6.07, 6.45) is 0.0442. The zero-order valence-electron chi connectivity index (χ0n) is 11.3. The van der Waals surface area contributed by atoms with Gasteiger partial charge in [0.25, 0.3) is 0 Å². The molecule has 0 bridgehead atoms. The number of methoxy groups -OCH3 is 1. The van der Waals surface area contributed by atoms with Crippen LogP contribution < -0.4 is 5.32 Å². The molecule has 1 saturated carbocycles. The third kappa shape index (κ3) is 3.87. The maximum absolute atomic E-state index is 11.5. The minimum Gasteiger partial charge on any atom is -0.479 e. The van der Waals surface area contributed by atoms with Gasteiger partial charge in [-0.15, -0.1) is 0 Å². The first kappa shape index (κ1) is 14.8. The highest BCUT2D eigenvalue weighted by atomic mass is 16.6. The molecule has 18 heavy (non-hydrogen) atoms. The minimum absolute atomic E-state index is 0.257. The monoisotopic (exact) mass is 259 g/mol. The van der Waals surface area contributed by atoms with Gasteiger partial charge in [-0.3, -0.25) is 0 Å². The average molecular weight is 259 g/mol. The van der Waals surface area contributed by atoms with Gasteiger partial charge in [-0.2, -0.15) is 0 Å². The summed E-state index contributed by atoms with van der Waals surface area (Å²) in [7, 11) is 1.37. The number of hydrogen-bond donors (Lipinski definition) is 2. The molecule has 1 rings (SSSR count). The molecule has 6 heteroatoms. The Hall–Kier alpha value is -1.30. The van der Waals surface area contributed by atoms with Gasteiger partial charge in [-0.25, -0.2) is 9.59 Å². The minimum atomic E-state index is -0.999. The SMILES string of the molecule is COC(C(=O)O)C1(CNC(=O)OC(C)(C)C)CC1. The lowest BCUT2D eigenvalue weighted by Gasteiger charge is -2.24. The highest BCUT2D eigenvalue weighted by Gasteiger charge is 2.53. The number of ether oxygens (including phenoxy) is 2. The summed E-state index contributed by atoms with van der Waals surface area (Å²) in [5.41, 5.74) is -1.05. The molecule has 0 saturated heterocycles. The average Bonchev–Trinajstić information content (AvgIpc) is 2.94. The Labute approximate surface area is 107 Å². The van der Waals surface area contributed by atoms with E-state index < -0.39 is 29.2 Å². The Bertz CT molecular complexity index is 330. The Kier molecular flexibility index (Phi) is 4.21. The number of alkyl carbamates (subject to hydrolysis) is 1. The van der Waals surface area contributed by atoms with Crippen LogP contribution in [0.25, 0.3) is 0 Å². The fraction of sp³-hybridized carbons (Fsp3) is 0.833. The van der Waals surface area contributed by atoms with Crippen LogP contribution in [0.5, 0.6) is 0 Å². The molecule has 0 aliphatic heterocycles. The molecule has 1 amide bonds. The van der Waals surface area contributed by atoms with Crippen molar-refractivity contribution in [2.24, 2.45) is 5.41 Å². The van der Waals surface area contributed by atoms with Crippen LogP contribution in [0.2, 0.25) is 0 Å². The van der Waals surface area contributed by atoms with E-state index in [0.29, 0.717) is 0 Å². The fourth-order valence-electron chi connectivity index (χ4n) is 1.87. The van der Waals surface area contributed by atoms with Gasteiger partial charge in [0.1, 0.15) is 5.60 Å². The number of carboxylic acid groups (broad SMARTS) is 1. The zero-order chi connectivity index (χ0) is 14.0. The molecule has 2 N–H and O–H groups in total. The van der Waals surface area contributed by atoms with Crippen molar-refractivity contribution in [3.8, 4) is 0 Å². The van der Waals surface area contributed by atoms with E-state index in [1.807, 2.05) is 0 Å². The van der Waals surface area contributed by atoms with Crippen molar-refractivity contribution < 1.29 is 24.2 Å². The molecule has 0 spiro atoms. The van der Waals surface area contributed by atoms with Crippen LogP contribution in [0.3, 0.4) is 0 Å². The Morgan fingerprint density at radius 2 is 1.94 bits per heavy atom. The number of carbonyl (C=O) groups is 2. The van der Waals surface area contributed by atoms with Crippen molar-refractivity contribution >= 4 is 12.1 Å². The number of carboxylic acids is 1. The van der Waals surface area contributed by atoms with E-state index in [1.54, 1.807) is 20.8 Å². The summed E-state index contributed by atoms with van der Waals surface area (Å²) in [5.74, 6) is -0.999. The van der Waals surface area contributed by atoms with Gasteiger partial charge in [0, 0.05) is 19.1 Å². The van der Waals surface area contributed by atoms with Gasteiger partial charge in [-0.05, 0) is 33.6 Å². The largest absolute Gasteiger partial charge is 0.479 e. The third-order valence-corrected chi connectivity index (χ3v) is 2.89. The highest BCUT2D eigenvalue weighted by Crippen LogP contribution is 2.49. The van der Waals surface area contributed by atoms with Gasteiger partial charge in [0.15, 0.2) is 6.10 Å². The first-order valence-electron chi connectivity index (χ1n) is 5.93. The lowest BCUT2D eigenvalue weighted by Crippen LogP contribution is -2.42. The van der Waals surface area contributed by atoms with Crippen molar-refractivity contribution in [2.45, 2.75) is 45.3 Å². The van der Waals surface area contributed by atoms with Gasteiger partial charge in [0.05, 0.1) is 0 Å². The second-order valence-corrected chi connectivity index (χ2v) is 5.67. The zero-order valence-corrected chi connectivity index (χ0v) is 11.3. The molecule has 0 aromatic heterocycles. The molecular weight excluding hydrogens is 238 g/mol. The number of aliphatic carboxylic acids is 1. The van der Waals surface area contributed by atoms with E-state index in [-0.39, 0.29) is 6.54 Å².